The standard InChI is InChI=1S/C12H11Cl2NO3/c1-15-9(16)5-6(12(17)18)11(15)10-7(13)3-2-4-8(10)14/h2-4,6,11H,5H2,1H3,(H,17,18). The van der Waals surface area contributed by atoms with Crippen LogP contribution in [0.5, 0.6) is 0 Å². The summed E-state index contributed by atoms with van der Waals surface area (Å²) in [6, 6.07) is 4.34. The summed E-state index contributed by atoms with van der Waals surface area (Å²) in [5.41, 5.74) is 0.501. The Morgan fingerprint density at radius 2 is 1.94 bits per heavy atom. The van der Waals surface area contributed by atoms with Crippen molar-refractivity contribution < 1.29 is 14.7 Å². The maximum Gasteiger partial charge on any atom is 0.309 e. The molecule has 1 saturated heterocycles. The van der Waals surface area contributed by atoms with Gasteiger partial charge in [-0.25, -0.2) is 0 Å². The first-order chi connectivity index (χ1) is 8.43. The van der Waals surface area contributed by atoms with Crippen molar-refractivity contribution in [2.45, 2.75) is 12.5 Å². The lowest BCUT2D eigenvalue weighted by Gasteiger charge is -2.25. The second kappa shape index (κ2) is 4.78. The third-order valence-corrected chi connectivity index (χ3v) is 3.86. The third-order valence-electron chi connectivity index (χ3n) is 3.20. The van der Waals surface area contributed by atoms with E-state index in [0.717, 1.165) is 0 Å². The first kappa shape index (κ1) is 13.2. The summed E-state index contributed by atoms with van der Waals surface area (Å²) in [6.07, 6.45) is -0.0297. The van der Waals surface area contributed by atoms with E-state index in [-0.39, 0.29) is 12.3 Å². The van der Waals surface area contributed by atoms with Crippen LogP contribution in [0.4, 0.5) is 0 Å². The lowest BCUT2D eigenvalue weighted by atomic mass is 9.94. The normalized spacial score (nSPS) is 23.5. The molecule has 2 atom stereocenters. The van der Waals surface area contributed by atoms with Crippen LogP contribution >= 0.6 is 23.2 Å². The van der Waals surface area contributed by atoms with E-state index in [1.807, 2.05) is 0 Å². The number of rotatable bonds is 2. The number of hydrogen-bond donors (Lipinski definition) is 1. The fourth-order valence-electron chi connectivity index (χ4n) is 2.28. The van der Waals surface area contributed by atoms with Gasteiger partial charge in [-0.2, -0.15) is 0 Å². The Hall–Kier alpha value is -1.26. The summed E-state index contributed by atoms with van der Waals surface area (Å²) in [4.78, 5) is 24.3. The fourth-order valence-corrected chi connectivity index (χ4v) is 2.90. The van der Waals surface area contributed by atoms with Crippen molar-refractivity contribution >= 4 is 35.1 Å². The molecule has 1 aromatic carbocycles. The average molecular weight is 288 g/mol. The smallest absolute Gasteiger partial charge is 0.309 e. The van der Waals surface area contributed by atoms with Crippen molar-refractivity contribution in [3.63, 3.8) is 0 Å². The molecule has 1 aromatic rings. The summed E-state index contributed by atoms with van der Waals surface area (Å²) in [6.45, 7) is 0. The quantitative estimate of drug-likeness (QED) is 0.910. The molecule has 0 aliphatic carbocycles. The van der Waals surface area contributed by atoms with Crippen molar-refractivity contribution in [1.82, 2.24) is 4.90 Å². The maximum atomic E-state index is 11.7. The van der Waals surface area contributed by atoms with E-state index >= 15 is 0 Å². The number of hydrogen-bond acceptors (Lipinski definition) is 2. The summed E-state index contributed by atoms with van der Waals surface area (Å²) in [5, 5.41) is 9.95. The Morgan fingerprint density at radius 3 is 2.44 bits per heavy atom. The first-order valence-electron chi connectivity index (χ1n) is 5.36. The Balaban J connectivity index is 2.53. The van der Waals surface area contributed by atoms with Gasteiger partial charge >= 0.3 is 5.97 Å². The molecule has 4 nitrogen and oxygen atoms in total. The van der Waals surface area contributed by atoms with Crippen LogP contribution in [0.1, 0.15) is 18.0 Å². The van der Waals surface area contributed by atoms with Gasteiger partial charge in [0, 0.05) is 29.1 Å². The minimum absolute atomic E-state index is 0.0297. The summed E-state index contributed by atoms with van der Waals surface area (Å²) < 4.78 is 0. The molecule has 1 heterocycles. The number of aliphatic carboxylic acids is 1. The fraction of sp³-hybridized carbons (Fsp3) is 0.333. The molecular weight excluding hydrogens is 277 g/mol. The molecule has 6 heteroatoms. The van der Waals surface area contributed by atoms with Crippen LogP contribution in [0, 0.1) is 5.92 Å². The number of likely N-dealkylation sites (tertiary alicyclic amines) is 1. The summed E-state index contributed by atoms with van der Waals surface area (Å²) in [5.74, 6) is -2.06. The van der Waals surface area contributed by atoms with Gasteiger partial charge in [0.05, 0.1) is 12.0 Å². The first-order valence-corrected chi connectivity index (χ1v) is 6.11. The number of carboxylic acid groups (broad SMARTS) is 1. The molecule has 1 amide bonds. The topological polar surface area (TPSA) is 57.6 Å². The van der Waals surface area contributed by atoms with Crippen molar-refractivity contribution in [3.8, 4) is 0 Å². The van der Waals surface area contributed by atoms with E-state index < -0.39 is 17.9 Å². The van der Waals surface area contributed by atoms with Crippen molar-refractivity contribution in [2.24, 2.45) is 5.92 Å². The maximum absolute atomic E-state index is 11.7. The van der Waals surface area contributed by atoms with Gasteiger partial charge in [0.2, 0.25) is 5.91 Å². The van der Waals surface area contributed by atoms with Gasteiger partial charge < -0.3 is 10.0 Å². The zero-order valence-corrected chi connectivity index (χ0v) is 11.1. The number of halogens is 2. The molecule has 0 aromatic heterocycles. The molecule has 1 aliphatic rings. The highest BCUT2D eigenvalue weighted by Crippen LogP contribution is 2.42. The van der Waals surface area contributed by atoms with Gasteiger partial charge in [-0.3, -0.25) is 9.59 Å². The molecule has 1 N–H and O–H groups in total. The molecule has 18 heavy (non-hydrogen) atoms. The molecule has 1 aliphatic heterocycles. The molecule has 0 bridgehead atoms. The minimum atomic E-state index is -1.02. The molecule has 0 saturated carbocycles. The van der Waals surface area contributed by atoms with Gasteiger partial charge in [0.25, 0.3) is 0 Å². The Labute approximate surface area is 114 Å². The van der Waals surface area contributed by atoms with Crippen LogP contribution in [0.3, 0.4) is 0 Å². The molecule has 96 valence electrons. The van der Waals surface area contributed by atoms with E-state index in [1.165, 1.54) is 4.90 Å². The van der Waals surface area contributed by atoms with Crippen LogP contribution in [0.15, 0.2) is 18.2 Å². The highest BCUT2D eigenvalue weighted by Gasteiger charge is 2.44. The SMILES string of the molecule is CN1C(=O)CC(C(=O)O)C1c1c(Cl)cccc1Cl. The number of benzene rings is 1. The Morgan fingerprint density at radius 1 is 1.39 bits per heavy atom. The number of carbonyl (C=O) groups excluding carboxylic acids is 1. The van der Waals surface area contributed by atoms with Crippen molar-refractivity contribution in [2.75, 3.05) is 7.05 Å². The van der Waals surface area contributed by atoms with Gasteiger partial charge in [-0.05, 0) is 12.1 Å². The van der Waals surface area contributed by atoms with Gasteiger partial charge in [-0.15, -0.1) is 0 Å². The molecule has 0 spiro atoms. The third kappa shape index (κ3) is 2.06. The van der Waals surface area contributed by atoms with E-state index in [9.17, 15) is 14.7 Å². The predicted molar refractivity (Wildman–Crippen MR) is 67.7 cm³/mol. The van der Waals surface area contributed by atoms with Crippen LogP contribution < -0.4 is 0 Å². The number of nitrogens with zero attached hydrogens (tertiary/aromatic N) is 1. The highest BCUT2D eigenvalue weighted by atomic mass is 35.5. The van der Waals surface area contributed by atoms with Gasteiger partial charge in [-0.1, -0.05) is 29.3 Å². The molecule has 2 rings (SSSR count). The van der Waals surface area contributed by atoms with E-state index in [2.05, 4.69) is 0 Å². The minimum Gasteiger partial charge on any atom is -0.481 e. The Bertz CT molecular complexity index is 498. The van der Waals surface area contributed by atoms with Gasteiger partial charge in [0.1, 0.15) is 0 Å². The lowest BCUT2D eigenvalue weighted by molar-refractivity contribution is -0.142. The number of amides is 1. The highest BCUT2D eigenvalue weighted by molar-refractivity contribution is 6.36. The second-order valence-corrected chi connectivity index (χ2v) is 5.05. The molecular formula is C12H11Cl2NO3. The average Bonchev–Trinajstić information content (AvgIpc) is 2.57. The summed E-state index contributed by atoms with van der Waals surface area (Å²) in [7, 11) is 1.57. The predicted octanol–water partition coefficient (Wildman–Crippen LogP) is 2.60. The molecule has 0 radical (unpaired) electrons. The van der Waals surface area contributed by atoms with E-state index in [0.29, 0.717) is 15.6 Å². The Kier molecular flexibility index (Phi) is 3.50. The van der Waals surface area contributed by atoms with Crippen molar-refractivity contribution in [1.29, 1.82) is 0 Å². The number of carbonyl (C=O) groups is 2. The lowest BCUT2D eigenvalue weighted by Crippen LogP contribution is -2.27. The van der Waals surface area contributed by atoms with E-state index in [1.54, 1.807) is 25.2 Å². The largest absolute Gasteiger partial charge is 0.481 e. The van der Waals surface area contributed by atoms with Crippen LogP contribution in [-0.4, -0.2) is 28.9 Å². The van der Waals surface area contributed by atoms with Crippen LogP contribution in [0.25, 0.3) is 0 Å². The molecule has 1 fully saturated rings. The van der Waals surface area contributed by atoms with Crippen molar-refractivity contribution in [3.05, 3.63) is 33.8 Å². The molecule has 2 unspecified atom stereocenters. The van der Waals surface area contributed by atoms with E-state index in [4.69, 9.17) is 23.2 Å². The summed E-state index contributed by atoms with van der Waals surface area (Å²) >= 11 is 12.2. The zero-order valence-electron chi connectivity index (χ0n) is 9.56. The van der Waals surface area contributed by atoms with Crippen LogP contribution in [-0.2, 0) is 9.59 Å². The second-order valence-electron chi connectivity index (χ2n) is 4.23. The van der Waals surface area contributed by atoms with Gasteiger partial charge in [0.15, 0.2) is 0 Å². The monoisotopic (exact) mass is 287 g/mol. The van der Waals surface area contributed by atoms with Crippen LogP contribution in [0.2, 0.25) is 10.0 Å². The zero-order chi connectivity index (χ0) is 13.4. The number of carboxylic acids is 1.